The summed E-state index contributed by atoms with van der Waals surface area (Å²) in [7, 11) is 1.01. The van der Waals surface area contributed by atoms with Gasteiger partial charge in [-0.15, -0.1) is 0 Å². The summed E-state index contributed by atoms with van der Waals surface area (Å²) in [5, 5.41) is 0. The van der Waals surface area contributed by atoms with Crippen LogP contribution in [0.2, 0.25) is 6.04 Å². The molecular weight excluding hydrogens is 422 g/mol. The molecule has 0 unspecified atom stereocenters. The molecule has 0 aliphatic heterocycles. The van der Waals surface area contributed by atoms with Crippen molar-refractivity contribution in [1.82, 2.24) is 0 Å². The Labute approximate surface area is 115 Å². The zero-order valence-electron chi connectivity index (χ0n) is 8.19. The minimum Gasteiger partial charge on any atom is -0.462 e. The highest BCUT2D eigenvalue weighted by Crippen LogP contribution is 2.10. The van der Waals surface area contributed by atoms with Crippen LogP contribution >= 0.6 is 45.2 Å². The van der Waals surface area contributed by atoms with Gasteiger partial charge in [0.15, 0.2) is 0 Å². The molecule has 0 aromatic carbocycles. The van der Waals surface area contributed by atoms with E-state index >= 15 is 0 Å². The molecule has 0 atom stereocenters. The van der Waals surface area contributed by atoms with Crippen molar-refractivity contribution in [2.24, 2.45) is 0 Å². The Morgan fingerprint density at radius 2 is 2.14 bits per heavy atom. The number of hydrogen-bond acceptors (Lipinski definition) is 2. The number of alkyl halides is 2. The first-order chi connectivity index (χ1) is 6.54. The number of carbonyl (C=O) groups excluding carboxylic acids is 1. The molecule has 0 N–H and O–H groups in total. The number of esters is 1. The van der Waals surface area contributed by atoms with E-state index < -0.39 is 0 Å². The second-order valence-electron chi connectivity index (χ2n) is 2.88. The van der Waals surface area contributed by atoms with Crippen LogP contribution in [-0.2, 0) is 9.53 Å². The molecule has 0 rings (SSSR count). The predicted molar refractivity (Wildman–Crippen MR) is 77.4 cm³/mol. The van der Waals surface area contributed by atoms with Gasteiger partial charge in [-0.05, 0) is 13.3 Å². The van der Waals surface area contributed by atoms with Gasteiger partial charge in [0, 0.05) is 5.57 Å². The molecule has 14 heavy (non-hydrogen) atoms. The number of rotatable bonds is 7. The highest BCUT2D eigenvalue weighted by atomic mass is 127. The molecule has 0 amide bonds. The first kappa shape index (κ1) is 14.9. The topological polar surface area (TPSA) is 26.3 Å². The van der Waals surface area contributed by atoms with Crippen LogP contribution in [0.15, 0.2) is 12.2 Å². The Hall–Kier alpha value is 0.887. The van der Waals surface area contributed by atoms with Gasteiger partial charge in [0.1, 0.15) is 0 Å². The average molecular weight is 436 g/mol. The van der Waals surface area contributed by atoms with Gasteiger partial charge in [-0.3, -0.25) is 0 Å². The molecule has 0 aromatic rings. The van der Waals surface area contributed by atoms with Crippen molar-refractivity contribution >= 4 is 60.7 Å². The Bertz CT molecular complexity index is 195. The van der Waals surface area contributed by atoms with Crippen LogP contribution in [0.5, 0.6) is 0 Å². The van der Waals surface area contributed by atoms with Gasteiger partial charge < -0.3 is 4.74 Å². The van der Waals surface area contributed by atoms with Gasteiger partial charge in [0.25, 0.3) is 0 Å². The highest BCUT2D eigenvalue weighted by molar-refractivity contribution is 14.2. The molecule has 0 saturated carbocycles. The molecule has 0 aliphatic carbocycles. The number of unbranched alkanes of at least 4 members (excludes halogenated alkanes) is 1. The van der Waals surface area contributed by atoms with Crippen LogP contribution in [0.1, 0.15) is 19.8 Å². The van der Waals surface area contributed by atoms with E-state index in [9.17, 15) is 4.79 Å². The summed E-state index contributed by atoms with van der Waals surface area (Å²) in [6.45, 7) is 5.72. The molecule has 0 fully saturated rings. The van der Waals surface area contributed by atoms with Crippen LogP contribution in [0.3, 0.4) is 0 Å². The number of halogens is 2. The van der Waals surface area contributed by atoms with E-state index in [1.165, 1.54) is 6.04 Å². The zero-order chi connectivity index (χ0) is 11.0. The predicted octanol–water partition coefficient (Wildman–Crippen LogP) is 3.16. The Balaban J connectivity index is 3.22. The van der Waals surface area contributed by atoms with Crippen LogP contribution in [0, 0.1) is 0 Å². The second kappa shape index (κ2) is 9.14. The fourth-order valence-electron chi connectivity index (χ4n) is 0.726. The van der Waals surface area contributed by atoms with Gasteiger partial charge in [0.05, 0.1) is 17.7 Å². The lowest BCUT2D eigenvalue weighted by Crippen LogP contribution is -2.06. The van der Waals surface area contributed by atoms with Gasteiger partial charge in [-0.1, -0.05) is 64.2 Å². The van der Waals surface area contributed by atoms with Crippen LogP contribution < -0.4 is 0 Å². The molecule has 80 valence electrons. The third kappa shape index (κ3) is 9.44. The molecule has 0 heterocycles. The highest BCUT2D eigenvalue weighted by Gasteiger charge is 2.02. The average Bonchev–Trinajstić information content (AvgIpc) is 2.09. The fraction of sp³-hybridized carbons (Fsp3) is 0.667. The largest absolute Gasteiger partial charge is 0.462 e. The van der Waals surface area contributed by atoms with E-state index in [0.717, 1.165) is 23.9 Å². The lowest BCUT2D eigenvalue weighted by atomic mass is 10.3. The molecule has 0 saturated heterocycles. The number of carbonyl (C=O) groups is 1. The lowest BCUT2D eigenvalue weighted by Gasteiger charge is -2.04. The standard InChI is InChI=1S/C9H14I2O2Si/c1-7(2)8(12)13-5-3-4-6-14-9(10)11/h9H,1,3-6H2,2H3. The van der Waals surface area contributed by atoms with E-state index in [1.807, 2.05) is 0 Å². The summed E-state index contributed by atoms with van der Waals surface area (Å²) in [4.78, 5) is 11.0. The molecule has 0 spiro atoms. The molecule has 0 aromatic heterocycles. The maximum Gasteiger partial charge on any atom is 0.333 e. The summed E-state index contributed by atoms with van der Waals surface area (Å²) < 4.78 is 5.71. The van der Waals surface area contributed by atoms with Gasteiger partial charge in [-0.2, -0.15) is 0 Å². The van der Waals surface area contributed by atoms with E-state index in [1.54, 1.807) is 6.92 Å². The number of ether oxygens (including phenoxy) is 1. The summed E-state index contributed by atoms with van der Waals surface area (Å²) >= 11 is 4.85. The normalized spacial score (nSPS) is 10.3. The maximum atomic E-state index is 11.0. The monoisotopic (exact) mass is 436 g/mol. The molecule has 5 heteroatoms. The first-order valence-electron chi connectivity index (χ1n) is 4.38. The van der Waals surface area contributed by atoms with E-state index in [2.05, 4.69) is 51.8 Å². The Morgan fingerprint density at radius 1 is 1.50 bits per heavy atom. The number of hydrogen-bond donors (Lipinski definition) is 0. The molecular formula is C9H14I2O2Si. The molecule has 2 nitrogen and oxygen atoms in total. The van der Waals surface area contributed by atoms with E-state index in [4.69, 9.17) is 4.74 Å². The van der Waals surface area contributed by atoms with Crippen molar-refractivity contribution in [3.05, 3.63) is 12.2 Å². The smallest absolute Gasteiger partial charge is 0.333 e. The van der Waals surface area contributed by atoms with Crippen LogP contribution in [0.4, 0.5) is 0 Å². The van der Waals surface area contributed by atoms with E-state index in [0.29, 0.717) is 12.2 Å². The van der Waals surface area contributed by atoms with Crippen molar-refractivity contribution in [2.45, 2.75) is 27.4 Å². The fourth-order valence-corrected chi connectivity index (χ4v) is 3.27. The van der Waals surface area contributed by atoms with Crippen molar-refractivity contribution in [3.63, 3.8) is 0 Å². The quantitative estimate of drug-likeness (QED) is 0.153. The van der Waals surface area contributed by atoms with Crippen molar-refractivity contribution in [3.8, 4) is 0 Å². The summed E-state index contributed by atoms with van der Waals surface area (Å²) in [6, 6.07) is 1.24. The SMILES string of the molecule is C=C(C)C(=O)OCCCC[Si]C(I)I. The van der Waals surface area contributed by atoms with E-state index in [-0.39, 0.29) is 5.97 Å². The maximum absolute atomic E-state index is 11.0. The lowest BCUT2D eigenvalue weighted by molar-refractivity contribution is -0.139. The third-order valence-electron chi connectivity index (χ3n) is 1.45. The van der Waals surface area contributed by atoms with Crippen molar-refractivity contribution in [2.75, 3.05) is 6.61 Å². The van der Waals surface area contributed by atoms with Gasteiger partial charge in [-0.25, -0.2) is 4.79 Å². The Morgan fingerprint density at radius 3 is 2.64 bits per heavy atom. The molecule has 0 bridgehead atoms. The van der Waals surface area contributed by atoms with Crippen LogP contribution in [-0.4, -0.2) is 23.7 Å². The zero-order valence-corrected chi connectivity index (χ0v) is 13.5. The van der Waals surface area contributed by atoms with Gasteiger partial charge in [0.2, 0.25) is 0 Å². The Kier molecular flexibility index (Phi) is 9.72. The second-order valence-corrected chi connectivity index (χ2v) is 11.6. The summed E-state index contributed by atoms with van der Waals surface area (Å²) in [5.74, 6) is -0.270. The van der Waals surface area contributed by atoms with Crippen LogP contribution in [0.25, 0.3) is 0 Å². The molecule has 0 aliphatic rings. The van der Waals surface area contributed by atoms with Gasteiger partial charge >= 0.3 is 5.97 Å². The minimum absolute atomic E-state index is 0.270. The minimum atomic E-state index is -0.270. The summed E-state index contributed by atoms with van der Waals surface area (Å²) in [6.07, 6.45) is 2.11. The first-order valence-corrected chi connectivity index (χ1v) is 8.15. The van der Waals surface area contributed by atoms with Crippen molar-refractivity contribution in [1.29, 1.82) is 0 Å². The third-order valence-corrected chi connectivity index (χ3v) is 5.04. The molecule has 2 radical (unpaired) electrons. The summed E-state index contributed by atoms with van der Waals surface area (Å²) in [5.41, 5.74) is 0.478. The van der Waals surface area contributed by atoms with Crippen molar-refractivity contribution < 1.29 is 9.53 Å².